The zero-order valence-electron chi connectivity index (χ0n) is 17.7. The number of nitrogens with one attached hydrogen (secondary N) is 1. The molecule has 0 radical (unpaired) electrons. The van der Waals surface area contributed by atoms with Crippen LogP contribution in [0.2, 0.25) is 0 Å². The fraction of sp³-hybridized carbons (Fsp3) is 0.455. The molecule has 1 N–H and O–H groups in total. The van der Waals surface area contributed by atoms with Gasteiger partial charge in [0.25, 0.3) is 5.91 Å². The molecular formula is C22H29N5O3. The van der Waals surface area contributed by atoms with Crippen molar-refractivity contribution in [3.63, 3.8) is 0 Å². The van der Waals surface area contributed by atoms with Crippen LogP contribution in [-0.4, -0.2) is 65.5 Å². The fourth-order valence-corrected chi connectivity index (χ4v) is 3.39. The summed E-state index contributed by atoms with van der Waals surface area (Å²) in [5.41, 5.74) is 0.503. The molecule has 3 rings (SSSR count). The minimum atomic E-state index is -0.580. The Labute approximate surface area is 177 Å². The van der Waals surface area contributed by atoms with Gasteiger partial charge in [-0.3, -0.25) is 9.59 Å². The van der Waals surface area contributed by atoms with Crippen LogP contribution < -0.4 is 15.0 Å². The van der Waals surface area contributed by atoms with Crippen molar-refractivity contribution in [3.05, 3.63) is 48.3 Å². The van der Waals surface area contributed by atoms with E-state index in [1.807, 2.05) is 25.7 Å². The maximum absolute atomic E-state index is 13.1. The van der Waals surface area contributed by atoms with Gasteiger partial charge in [-0.1, -0.05) is 13.8 Å². The van der Waals surface area contributed by atoms with Crippen LogP contribution in [-0.2, 0) is 4.79 Å². The molecule has 0 aliphatic carbocycles. The minimum Gasteiger partial charge on any atom is -0.494 e. The summed E-state index contributed by atoms with van der Waals surface area (Å²) in [5.74, 6) is 1.04. The highest BCUT2D eigenvalue weighted by Crippen LogP contribution is 2.15. The third-order valence-corrected chi connectivity index (χ3v) is 5.07. The first-order valence-electron chi connectivity index (χ1n) is 10.3. The number of amides is 2. The van der Waals surface area contributed by atoms with Crippen molar-refractivity contribution in [2.24, 2.45) is 5.92 Å². The van der Waals surface area contributed by atoms with Crippen molar-refractivity contribution < 1.29 is 14.3 Å². The van der Waals surface area contributed by atoms with Gasteiger partial charge in [0.15, 0.2) is 0 Å². The molecular weight excluding hydrogens is 382 g/mol. The molecule has 1 atom stereocenters. The topological polar surface area (TPSA) is 87.7 Å². The predicted molar refractivity (Wildman–Crippen MR) is 115 cm³/mol. The van der Waals surface area contributed by atoms with Gasteiger partial charge in [-0.2, -0.15) is 0 Å². The second-order valence-electron chi connectivity index (χ2n) is 7.51. The van der Waals surface area contributed by atoms with Crippen molar-refractivity contribution in [1.82, 2.24) is 20.2 Å². The highest BCUT2D eigenvalue weighted by molar-refractivity contribution is 5.97. The van der Waals surface area contributed by atoms with E-state index in [0.29, 0.717) is 50.0 Å². The number of anilines is 1. The van der Waals surface area contributed by atoms with Gasteiger partial charge in [0, 0.05) is 44.1 Å². The Kier molecular flexibility index (Phi) is 7.21. The summed E-state index contributed by atoms with van der Waals surface area (Å²) < 4.78 is 5.41. The SMILES string of the molecule is CCOc1ccc(C(=O)N[C@H](C(=O)N2CCN(c3ncccn3)CC2)C(C)C)cc1. The van der Waals surface area contributed by atoms with Crippen LogP contribution in [0.3, 0.4) is 0 Å². The summed E-state index contributed by atoms with van der Waals surface area (Å²) >= 11 is 0. The van der Waals surface area contributed by atoms with Crippen LogP contribution in [0.25, 0.3) is 0 Å². The second-order valence-corrected chi connectivity index (χ2v) is 7.51. The molecule has 2 aromatic rings. The van der Waals surface area contributed by atoms with Crippen LogP contribution in [0.5, 0.6) is 5.75 Å². The van der Waals surface area contributed by atoms with Crippen molar-refractivity contribution in [2.45, 2.75) is 26.8 Å². The lowest BCUT2D eigenvalue weighted by Crippen LogP contribution is -2.56. The summed E-state index contributed by atoms with van der Waals surface area (Å²) in [6.45, 7) is 8.81. The number of piperazine rings is 1. The average Bonchev–Trinajstić information content (AvgIpc) is 2.78. The molecule has 1 aliphatic rings. The Morgan fingerprint density at radius 2 is 1.70 bits per heavy atom. The van der Waals surface area contributed by atoms with E-state index < -0.39 is 6.04 Å². The fourth-order valence-electron chi connectivity index (χ4n) is 3.39. The standard InChI is InChI=1S/C22H29N5O3/c1-4-30-18-8-6-17(7-9-18)20(28)25-19(16(2)3)21(29)26-12-14-27(15-13-26)22-23-10-5-11-24-22/h5-11,16,19H,4,12-15H2,1-3H3,(H,25,28)/t19-/m0/s1. The number of carbonyl (C=O) groups excluding carboxylic acids is 2. The van der Waals surface area contributed by atoms with Crippen LogP contribution >= 0.6 is 0 Å². The lowest BCUT2D eigenvalue weighted by molar-refractivity contribution is -0.134. The molecule has 8 heteroatoms. The summed E-state index contributed by atoms with van der Waals surface area (Å²) in [6.07, 6.45) is 3.43. The van der Waals surface area contributed by atoms with E-state index in [-0.39, 0.29) is 17.7 Å². The molecule has 160 valence electrons. The zero-order valence-corrected chi connectivity index (χ0v) is 17.7. The molecule has 2 amide bonds. The first-order valence-corrected chi connectivity index (χ1v) is 10.3. The zero-order chi connectivity index (χ0) is 21.5. The van der Waals surface area contributed by atoms with E-state index in [0.717, 1.165) is 0 Å². The first-order chi connectivity index (χ1) is 14.5. The van der Waals surface area contributed by atoms with Crippen molar-refractivity contribution in [2.75, 3.05) is 37.7 Å². The molecule has 8 nitrogen and oxygen atoms in total. The highest BCUT2D eigenvalue weighted by Gasteiger charge is 2.31. The Bertz CT molecular complexity index is 834. The van der Waals surface area contributed by atoms with Crippen LogP contribution in [0, 0.1) is 5.92 Å². The molecule has 30 heavy (non-hydrogen) atoms. The van der Waals surface area contributed by atoms with E-state index in [9.17, 15) is 9.59 Å². The van der Waals surface area contributed by atoms with Gasteiger partial charge >= 0.3 is 0 Å². The van der Waals surface area contributed by atoms with Crippen LogP contribution in [0.15, 0.2) is 42.7 Å². The van der Waals surface area contributed by atoms with Crippen molar-refractivity contribution in [1.29, 1.82) is 0 Å². The number of benzene rings is 1. The number of ether oxygens (including phenoxy) is 1. The number of aromatic nitrogens is 2. The summed E-state index contributed by atoms with van der Waals surface area (Å²) in [6, 6.07) is 8.14. The number of hydrogen-bond donors (Lipinski definition) is 1. The molecule has 1 aromatic heterocycles. The van der Waals surface area contributed by atoms with Gasteiger partial charge in [-0.05, 0) is 43.2 Å². The number of hydrogen-bond acceptors (Lipinski definition) is 6. The monoisotopic (exact) mass is 411 g/mol. The molecule has 1 aliphatic heterocycles. The second kappa shape index (κ2) is 10.0. The van der Waals surface area contributed by atoms with Crippen molar-refractivity contribution >= 4 is 17.8 Å². The van der Waals surface area contributed by atoms with Gasteiger partial charge in [0.2, 0.25) is 11.9 Å². The van der Waals surface area contributed by atoms with Crippen molar-refractivity contribution in [3.8, 4) is 5.75 Å². The lowest BCUT2D eigenvalue weighted by Gasteiger charge is -2.37. The van der Waals surface area contributed by atoms with Gasteiger partial charge in [-0.25, -0.2) is 9.97 Å². The molecule has 2 heterocycles. The molecule has 1 fully saturated rings. The summed E-state index contributed by atoms with van der Waals surface area (Å²) in [5, 5.41) is 2.91. The van der Waals surface area contributed by atoms with E-state index in [1.54, 1.807) is 42.7 Å². The first kappa shape index (κ1) is 21.5. The minimum absolute atomic E-state index is 0.0281. The molecule has 0 bridgehead atoms. The summed E-state index contributed by atoms with van der Waals surface area (Å²) in [7, 11) is 0. The third-order valence-electron chi connectivity index (χ3n) is 5.07. The molecule has 1 aromatic carbocycles. The largest absolute Gasteiger partial charge is 0.494 e. The van der Waals surface area contributed by atoms with Gasteiger partial charge < -0.3 is 19.9 Å². The lowest BCUT2D eigenvalue weighted by atomic mass is 10.0. The normalized spacial score (nSPS) is 15.1. The number of nitrogens with zero attached hydrogens (tertiary/aromatic N) is 4. The van der Waals surface area contributed by atoms with Gasteiger partial charge in [0.05, 0.1) is 6.61 Å². The number of carbonyl (C=O) groups is 2. The van der Waals surface area contributed by atoms with E-state index in [1.165, 1.54) is 0 Å². The number of rotatable bonds is 7. The molecule has 0 spiro atoms. The quantitative estimate of drug-likeness (QED) is 0.750. The van der Waals surface area contributed by atoms with Crippen LogP contribution in [0.1, 0.15) is 31.1 Å². The van der Waals surface area contributed by atoms with E-state index in [2.05, 4.69) is 20.2 Å². The smallest absolute Gasteiger partial charge is 0.251 e. The molecule has 1 saturated heterocycles. The highest BCUT2D eigenvalue weighted by atomic mass is 16.5. The van der Waals surface area contributed by atoms with E-state index >= 15 is 0 Å². The van der Waals surface area contributed by atoms with E-state index in [4.69, 9.17) is 4.74 Å². The van der Waals surface area contributed by atoms with Gasteiger partial charge in [0.1, 0.15) is 11.8 Å². The van der Waals surface area contributed by atoms with Gasteiger partial charge in [-0.15, -0.1) is 0 Å². The Morgan fingerprint density at radius 1 is 1.07 bits per heavy atom. The third kappa shape index (κ3) is 5.25. The average molecular weight is 412 g/mol. The Hall–Kier alpha value is -3.16. The molecule has 0 unspecified atom stereocenters. The predicted octanol–water partition coefficient (Wildman–Crippen LogP) is 1.98. The molecule has 0 saturated carbocycles. The maximum atomic E-state index is 13.1. The Balaban J connectivity index is 1.60. The maximum Gasteiger partial charge on any atom is 0.251 e. The Morgan fingerprint density at radius 3 is 2.27 bits per heavy atom. The van der Waals surface area contributed by atoms with Crippen LogP contribution in [0.4, 0.5) is 5.95 Å². The summed E-state index contributed by atoms with van der Waals surface area (Å²) in [4.78, 5) is 38.2.